The summed E-state index contributed by atoms with van der Waals surface area (Å²) in [6, 6.07) is 10.4. The number of nitrogens with one attached hydrogen (secondary N) is 1. The first-order valence-corrected chi connectivity index (χ1v) is 8.22. The molecule has 0 radical (unpaired) electrons. The third kappa shape index (κ3) is 3.35. The van der Waals surface area contributed by atoms with Gasteiger partial charge in [-0.25, -0.2) is 4.98 Å². The van der Waals surface area contributed by atoms with Gasteiger partial charge in [-0.2, -0.15) is 0 Å². The molecule has 0 atom stereocenters. The molecule has 6 nitrogen and oxygen atoms in total. The number of nitrogens with zero attached hydrogens (tertiary/aromatic N) is 1. The largest absolute Gasteiger partial charge is 0.630 e. The van der Waals surface area contributed by atoms with E-state index in [1.54, 1.807) is 30.3 Å². The van der Waals surface area contributed by atoms with Crippen molar-refractivity contribution >= 4 is 54.2 Å². The molecule has 118 valence electrons. The van der Waals surface area contributed by atoms with Gasteiger partial charge in [0.15, 0.2) is 10.9 Å². The molecule has 0 saturated heterocycles. The summed E-state index contributed by atoms with van der Waals surface area (Å²) < 4.78 is 6.85. The fraction of sp³-hybridized carbons (Fsp3) is 0.0667. The maximum absolute atomic E-state index is 12.3. The molecule has 3 aromatic rings. The Bertz CT molecular complexity index is 882. The smallest absolute Gasteiger partial charge is 0.257 e. The lowest BCUT2D eigenvalue weighted by atomic mass is 10.2. The Labute approximate surface area is 144 Å². The average molecular weight is 394 g/mol. The van der Waals surface area contributed by atoms with Gasteiger partial charge in [-0.3, -0.25) is 10.1 Å². The van der Waals surface area contributed by atoms with Gasteiger partial charge in [0.1, 0.15) is 11.2 Å². The van der Waals surface area contributed by atoms with E-state index < -0.39 is 0 Å². The molecule has 0 saturated carbocycles. The quantitative estimate of drug-likeness (QED) is 0.526. The average Bonchev–Trinajstić information content (AvgIpc) is 2.95. The van der Waals surface area contributed by atoms with Crippen LogP contribution in [-0.2, 0) is 0 Å². The summed E-state index contributed by atoms with van der Waals surface area (Å²) in [5, 5.41) is 14.2. The van der Waals surface area contributed by atoms with Crippen LogP contribution in [0.3, 0.4) is 0 Å². The molecular weight excluding hydrogens is 382 g/mol. The lowest BCUT2D eigenvalue weighted by Crippen LogP contribution is -2.70. The van der Waals surface area contributed by atoms with Gasteiger partial charge in [0.25, 0.3) is 5.91 Å². The Hall–Kier alpha value is -2.00. The molecule has 3 rings (SSSR count). The highest BCUT2D eigenvalue weighted by Crippen LogP contribution is 2.34. The number of methoxy groups -OCH3 is 1. The van der Waals surface area contributed by atoms with Crippen LogP contribution in [0.4, 0.5) is 10.8 Å². The van der Waals surface area contributed by atoms with Gasteiger partial charge < -0.3 is 15.4 Å². The van der Waals surface area contributed by atoms with Crippen molar-refractivity contribution in [2.75, 3.05) is 12.4 Å². The third-order valence-corrected chi connectivity index (χ3v) is 4.56. The van der Waals surface area contributed by atoms with Gasteiger partial charge >= 0.3 is 0 Å². The summed E-state index contributed by atoms with van der Waals surface area (Å²) >= 11 is 4.63. The Morgan fingerprint density at radius 2 is 2.22 bits per heavy atom. The molecular formula is C15H12BrN3O3S. The molecule has 0 aliphatic rings. The molecule has 0 unspecified atom stereocenters. The van der Waals surface area contributed by atoms with E-state index in [1.165, 1.54) is 18.4 Å². The van der Waals surface area contributed by atoms with Crippen LogP contribution in [0.15, 0.2) is 40.9 Å². The van der Waals surface area contributed by atoms with Crippen LogP contribution in [0, 0.1) is 5.21 Å². The first-order valence-electron chi connectivity index (χ1n) is 6.61. The van der Waals surface area contributed by atoms with Gasteiger partial charge in [0.05, 0.1) is 11.8 Å². The van der Waals surface area contributed by atoms with Crippen LogP contribution >= 0.6 is 27.3 Å². The summed E-state index contributed by atoms with van der Waals surface area (Å²) in [4.78, 5) is 16.6. The number of carbonyl (C=O) groups is 1. The fourth-order valence-electron chi connectivity index (χ4n) is 2.10. The number of benzene rings is 2. The van der Waals surface area contributed by atoms with E-state index in [4.69, 9.17) is 4.74 Å². The lowest BCUT2D eigenvalue weighted by molar-refractivity contribution is -0.497. The number of hydrogen-bond donors (Lipinski definition) is 2. The molecule has 0 aliphatic carbocycles. The van der Waals surface area contributed by atoms with Crippen LogP contribution in [0.2, 0.25) is 0 Å². The molecule has 0 fully saturated rings. The van der Waals surface area contributed by atoms with Crippen molar-refractivity contribution in [1.82, 2.24) is 4.98 Å². The minimum absolute atomic E-state index is 0.250. The molecule has 0 spiro atoms. The zero-order valence-corrected chi connectivity index (χ0v) is 14.4. The number of aromatic nitrogens is 1. The minimum Gasteiger partial charge on any atom is -0.630 e. The van der Waals surface area contributed by atoms with Gasteiger partial charge in [-0.05, 0) is 18.2 Å². The van der Waals surface area contributed by atoms with Crippen molar-refractivity contribution in [3.63, 3.8) is 0 Å². The van der Waals surface area contributed by atoms with Crippen LogP contribution in [0.25, 0.3) is 10.2 Å². The molecule has 1 heterocycles. The molecule has 1 amide bonds. The molecule has 2 aromatic carbocycles. The van der Waals surface area contributed by atoms with Crippen molar-refractivity contribution in [2.45, 2.75) is 0 Å². The van der Waals surface area contributed by atoms with Crippen LogP contribution in [0.5, 0.6) is 5.75 Å². The number of hydrogen-bond acceptors (Lipinski definition) is 5. The predicted octanol–water partition coefficient (Wildman–Crippen LogP) is 3.01. The topological polar surface area (TPSA) is 90.9 Å². The zero-order valence-electron chi connectivity index (χ0n) is 12.0. The van der Waals surface area contributed by atoms with Crippen LogP contribution in [0.1, 0.15) is 10.4 Å². The van der Waals surface area contributed by atoms with Gasteiger partial charge in [0, 0.05) is 22.2 Å². The summed E-state index contributed by atoms with van der Waals surface area (Å²) in [5.74, 6) is 0.253. The number of anilines is 1. The van der Waals surface area contributed by atoms with E-state index in [9.17, 15) is 10.0 Å². The van der Waals surface area contributed by atoms with Gasteiger partial charge in [0.2, 0.25) is 0 Å². The van der Waals surface area contributed by atoms with Gasteiger partial charge in [-0.15, -0.1) is 0 Å². The second-order valence-electron chi connectivity index (χ2n) is 4.67. The van der Waals surface area contributed by atoms with Crippen molar-refractivity contribution in [3.05, 3.63) is 51.6 Å². The molecule has 0 aliphatic heterocycles. The predicted molar refractivity (Wildman–Crippen MR) is 93.2 cm³/mol. The van der Waals surface area contributed by atoms with E-state index in [2.05, 4.69) is 26.2 Å². The first-order chi connectivity index (χ1) is 11.1. The molecule has 1 aromatic heterocycles. The number of ether oxygens (including phenoxy) is 1. The maximum atomic E-state index is 12.3. The highest BCUT2D eigenvalue weighted by molar-refractivity contribution is 9.10. The Balaban J connectivity index is 1.93. The molecule has 0 bridgehead atoms. The van der Waals surface area contributed by atoms with E-state index in [0.29, 0.717) is 27.6 Å². The van der Waals surface area contributed by atoms with E-state index in [0.717, 1.165) is 14.7 Å². The summed E-state index contributed by atoms with van der Waals surface area (Å²) in [5.41, 5.74) is 2.40. The second-order valence-corrected chi connectivity index (χ2v) is 6.62. The number of nitrogens with two attached hydrogens (primary N) is 1. The minimum atomic E-state index is -0.250. The van der Waals surface area contributed by atoms with E-state index >= 15 is 0 Å². The lowest BCUT2D eigenvalue weighted by Gasteiger charge is -2.04. The number of carbonyl (C=O) groups excluding carboxylic acids is 1. The highest BCUT2D eigenvalue weighted by atomic mass is 79.9. The molecule has 23 heavy (non-hydrogen) atoms. The van der Waals surface area contributed by atoms with Crippen molar-refractivity contribution in [2.24, 2.45) is 0 Å². The van der Waals surface area contributed by atoms with E-state index in [-0.39, 0.29) is 5.91 Å². The van der Waals surface area contributed by atoms with Crippen LogP contribution < -0.4 is 15.5 Å². The second kappa shape index (κ2) is 6.63. The monoisotopic (exact) mass is 393 g/mol. The molecule has 3 N–H and O–H groups in total. The Morgan fingerprint density at radius 1 is 1.39 bits per heavy atom. The third-order valence-electron chi connectivity index (χ3n) is 3.15. The van der Waals surface area contributed by atoms with Gasteiger partial charge in [-0.1, -0.05) is 33.3 Å². The fourth-order valence-corrected chi connectivity index (χ4v) is 3.42. The summed E-state index contributed by atoms with van der Waals surface area (Å²) in [6.07, 6.45) is 0. The first kappa shape index (κ1) is 15.9. The number of quaternary nitrogens is 1. The SMILES string of the molecule is COc1cc([NH2+][O-])cc2sc(NC(=O)c3cccc(Br)c3)nc12. The zero-order chi connectivity index (χ0) is 16.4. The van der Waals surface area contributed by atoms with Crippen molar-refractivity contribution in [1.29, 1.82) is 0 Å². The Morgan fingerprint density at radius 3 is 2.91 bits per heavy atom. The number of halogens is 1. The number of amides is 1. The van der Waals surface area contributed by atoms with Crippen molar-refractivity contribution < 1.29 is 15.0 Å². The number of thiazole rings is 1. The Kier molecular flexibility index (Phi) is 4.58. The van der Waals surface area contributed by atoms with Crippen molar-refractivity contribution in [3.8, 4) is 5.75 Å². The highest BCUT2D eigenvalue weighted by Gasteiger charge is 2.14. The number of rotatable bonds is 4. The standard InChI is InChI=1S/C15H12BrN3O3S/c1-22-11-6-10(19-21)7-12-13(11)17-15(23-12)18-14(20)8-3-2-4-9(16)5-8/h2-7H,19H2,1H3,(H,17,18,20). The van der Waals surface area contributed by atoms with Crippen LogP contribution in [-0.4, -0.2) is 18.0 Å². The molecule has 8 heteroatoms. The summed E-state index contributed by atoms with van der Waals surface area (Å²) in [6.45, 7) is 0. The number of fused-ring (bicyclic) bond motifs is 1. The normalized spacial score (nSPS) is 10.7. The van der Waals surface area contributed by atoms with E-state index in [1.807, 2.05) is 6.07 Å². The maximum Gasteiger partial charge on any atom is 0.257 e. The summed E-state index contributed by atoms with van der Waals surface area (Å²) in [7, 11) is 1.52.